The Morgan fingerprint density at radius 2 is 1.75 bits per heavy atom. The summed E-state index contributed by atoms with van der Waals surface area (Å²) in [4.78, 5) is 15.2. The summed E-state index contributed by atoms with van der Waals surface area (Å²) in [7, 11) is 1.65. The Morgan fingerprint density at radius 1 is 1.04 bits per heavy atom. The lowest BCUT2D eigenvalue weighted by molar-refractivity contribution is 0.0518. The molecule has 3 nitrogen and oxygen atoms in total. The molecule has 3 heteroatoms. The van der Waals surface area contributed by atoms with Crippen molar-refractivity contribution in [2.75, 3.05) is 20.2 Å². The van der Waals surface area contributed by atoms with Crippen LogP contribution in [-0.4, -0.2) is 31.0 Å². The fraction of sp³-hybridized carbons (Fsp3) is 0.476. The lowest BCUT2D eigenvalue weighted by Gasteiger charge is -2.41. The largest absolute Gasteiger partial charge is 0.496 e. The van der Waals surface area contributed by atoms with Gasteiger partial charge in [-0.2, -0.15) is 0 Å². The van der Waals surface area contributed by atoms with Crippen molar-refractivity contribution in [3.63, 3.8) is 0 Å². The summed E-state index contributed by atoms with van der Waals surface area (Å²) >= 11 is 0. The molecule has 1 saturated heterocycles. The Labute approximate surface area is 143 Å². The van der Waals surface area contributed by atoms with Gasteiger partial charge in [0.15, 0.2) is 0 Å². The van der Waals surface area contributed by atoms with Crippen LogP contribution in [0.1, 0.15) is 42.5 Å². The molecular weight excluding hydrogens is 298 g/mol. The third-order valence-corrected chi connectivity index (χ3v) is 5.88. The Morgan fingerprint density at radius 3 is 2.50 bits per heavy atom. The van der Waals surface area contributed by atoms with Crippen molar-refractivity contribution in [3.8, 4) is 5.75 Å². The average molecular weight is 323 g/mol. The fourth-order valence-corrected chi connectivity index (χ4v) is 4.51. The summed E-state index contributed by atoms with van der Waals surface area (Å²) in [5, 5.41) is 2.20. The second-order valence-electron chi connectivity index (χ2n) is 7.24. The molecular formula is C21H25NO2. The maximum absolute atomic E-state index is 13.1. The molecule has 1 saturated carbocycles. The van der Waals surface area contributed by atoms with Crippen molar-refractivity contribution >= 4 is 16.7 Å². The number of benzene rings is 2. The van der Waals surface area contributed by atoms with E-state index in [0.717, 1.165) is 36.2 Å². The van der Waals surface area contributed by atoms with Gasteiger partial charge in [-0.25, -0.2) is 0 Å². The van der Waals surface area contributed by atoms with E-state index in [-0.39, 0.29) is 5.91 Å². The zero-order valence-electron chi connectivity index (χ0n) is 14.3. The standard InChI is InChI=1S/C21H25NO2/c1-24-20-13-17-8-4-3-7-16(17)12-19(20)21(23)22-11-10-15-6-2-5-9-18(15)14-22/h3-4,7-8,12-13,15,18H,2,5-6,9-11,14H2,1H3/t15-,18-/m1/s1. The molecule has 2 atom stereocenters. The first-order valence-electron chi connectivity index (χ1n) is 9.12. The Balaban J connectivity index is 1.62. The lowest BCUT2D eigenvalue weighted by atomic mass is 9.75. The van der Waals surface area contributed by atoms with Gasteiger partial charge in [-0.1, -0.05) is 43.5 Å². The van der Waals surface area contributed by atoms with Crippen LogP contribution in [0.2, 0.25) is 0 Å². The van der Waals surface area contributed by atoms with Gasteiger partial charge in [0.1, 0.15) is 5.75 Å². The van der Waals surface area contributed by atoms with E-state index < -0.39 is 0 Å². The number of nitrogens with zero attached hydrogens (tertiary/aromatic N) is 1. The van der Waals surface area contributed by atoms with Crippen LogP contribution in [0.25, 0.3) is 10.8 Å². The van der Waals surface area contributed by atoms with E-state index in [4.69, 9.17) is 4.74 Å². The highest BCUT2D eigenvalue weighted by Crippen LogP contribution is 2.37. The number of ether oxygens (including phenoxy) is 1. The van der Waals surface area contributed by atoms with Crippen molar-refractivity contribution in [2.24, 2.45) is 11.8 Å². The molecule has 0 radical (unpaired) electrons. The first kappa shape index (κ1) is 15.5. The van der Waals surface area contributed by atoms with Crippen molar-refractivity contribution in [2.45, 2.75) is 32.1 Å². The Bertz CT molecular complexity index is 755. The number of methoxy groups -OCH3 is 1. The number of carbonyl (C=O) groups is 1. The average Bonchev–Trinajstić information content (AvgIpc) is 2.66. The van der Waals surface area contributed by atoms with Gasteiger partial charge in [0.25, 0.3) is 5.91 Å². The summed E-state index contributed by atoms with van der Waals surface area (Å²) in [6.45, 7) is 1.80. The number of rotatable bonds is 2. The zero-order valence-corrected chi connectivity index (χ0v) is 14.3. The van der Waals surface area contributed by atoms with E-state index >= 15 is 0 Å². The molecule has 126 valence electrons. The normalized spacial score (nSPS) is 23.8. The topological polar surface area (TPSA) is 29.5 Å². The van der Waals surface area contributed by atoms with Gasteiger partial charge in [-0.15, -0.1) is 0 Å². The summed E-state index contributed by atoms with van der Waals surface area (Å²) in [5.74, 6) is 2.34. The zero-order chi connectivity index (χ0) is 16.5. The number of likely N-dealkylation sites (tertiary alicyclic amines) is 1. The maximum Gasteiger partial charge on any atom is 0.257 e. The minimum atomic E-state index is 0.127. The Hall–Kier alpha value is -2.03. The lowest BCUT2D eigenvalue weighted by Crippen LogP contribution is -2.44. The molecule has 1 amide bonds. The predicted octanol–water partition coefficient (Wildman–Crippen LogP) is 4.50. The van der Waals surface area contributed by atoms with Crippen molar-refractivity contribution in [1.82, 2.24) is 4.90 Å². The molecule has 0 unspecified atom stereocenters. The van der Waals surface area contributed by atoms with Crippen LogP contribution < -0.4 is 4.74 Å². The highest BCUT2D eigenvalue weighted by molar-refractivity contribution is 6.01. The van der Waals surface area contributed by atoms with Crippen LogP contribution in [0, 0.1) is 11.8 Å². The molecule has 0 spiro atoms. The van der Waals surface area contributed by atoms with Crippen molar-refractivity contribution in [3.05, 3.63) is 42.0 Å². The first-order chi connectivity index (χ1) is 11.8. The van der Waals surface area contributed by atoms with Crippen molar-refractivity contribution < 1.29 is 9.53 Å². The second kappa shape index (κ2) is 6.46. The molecule has 1 aliphatic carbocycles. The van der Waals surface area contributed by atoms with Crippen LogP contribution >= 0.6 is 0 Å². The number of carbonyl (C=O) groups excluding carboxylic acids is 1. The highest BCUT2D eigenvalue weighted by atomic mass is 16.5. The molecule has 0 bridgehead atoms. The monoisotopic (exact) mass is 323 g/mol. The molecule has 2 fully saturated rings. The van der Waals surface area contributed by atoms with Crippen LogP contribution in [0.4, 0.5) is 0 Å². The van der Waals surface area contributed by atoms with Gasteiger partial charge >= 0.3 is 0 Å². The van der Waals surface area contributed by atoms with Gasteiger partial charge in [0, 0.05) is 13.1 Å². The van der Waals surface area contributed by atoms with Crippen LogP contribution in [0.3, 0.4) is 0 Å². The quantitative estimate of drug-likeness (QED) is 0.814. The summed E-state index contributed by atoms with van der Waals surface area (Å²) in [6, 6.07) is 12.1. The van der Waals surface area contributed by atoms with Gasteiger partial charge in [0.2, 0.25) is 0 Å². The van der Waals surface area contributed by atoms with Gasteiger partial charge < -0.3 is 9.64 Å². The van der Waals surface area contributed by atoms with Crippen LogP contribution in [0.15, 0.2) is 36.4 Å². The third-order valence-electron chi connectivity index (χ3n) is 5.88. The van der Waals surface area contributed by atoms with E-state index in [9.17, 15) is 4.79 Å². The number of amides is 1. The predicted molar refractivity (Wildman–Crippen MR) is 96.5 cm³/mol. The minimum Gasteiger partial charge on any atom is -0.496 e. The van der Waals surface area contributed by atoms with Crippen LogP contribution in [0.5, 0.6) is 5.75 Å². The van der Waals surface area contributed by atoms with Gasteiger partial charge in [-0.3, -0.25) is 4.79 Å². The maximum atomic E-state index is 13.1. The van der Waals surface area contributed by atoms with Crippen molar-refractivity contribution in [1.29, 1.82) is 0 Å². The van der Waals surface area contributed by atoms with E-state index in [2.05, 4.69) is 17.0 Å². The highest BCUT2D eigenvalue weighted by Gasteiger charge is 2.33. The van der Waals surface area contributed by atoms with E-state index in [1.54, 1.807) is 7.11 Å². The fourth-order valence-electron chi connectivity index (χ4n) is 4.51. The summed E-state index contributed by atoms with van der Waals surface area (Å²) < 4.78 is 5.52. The Kier molecular flexibility index (Phi) is 4.17. The smallest absolute Gasteiger partial charge is 0.257 e. The number of hydrogen-bond donors (Lipinski definition) is 0. The summed E-state index contributed by atoms with van der Waals surface area (Å²) in [5.41, 5.74) is 0.699. The second-order valence-corrected chi connectivity index (χ2v) is 7.24. The molecule has 1 heterocycles. The molecule has 4 rings (SSSR count). The molecule has 2 aromatic carbocycles. The van der Waals surface area contributed by atoms with E-state index in [0.29, 0.717) is 17.2 Å². The van der Waals surface area contributed by atoms with E-state index in [1.165, 1.54) is 25.7 Å². The van der Waals surface area contributed by atoms with Gasteiger partial charge in [0.05, 0.1) is 12.7 Å². The van der Waals surface area contributed by atoms with E-state index in [1.807, 2.05) is 24.3 Å². The summed E-state index contributed by atoms with van der Waals surface area (Å²) in [6.07, 6.45) is 6.48. The van der Waals surface area contributed by atoms with Crippen LogP contribution in [-0.2, 0) is 0 Å². The number of piperidine rings is 1. The molecule has 1 aliphatic heterocycles. The molecule has 24 heavy (non-hydrogen) atoms. The molecule has 0 aromatic heterocycles. The van der Waals surface area contributed by atoms with Gasteiger partial charge in [-0.05, 0) is 47.6 Å². The molecule has 0 N–H and O–H groups in total. The first-order valence-corrected chi connectivity index (χ1v) is 9.12. The minimum absolute atomic E-state index is 0.127. The number of hydrogen-bond acceptors (Lipinski definition) is 2. The molecule has 2 aromatic rings. The SMILES string of the molecule is COc1cc2ccccc2cc1C(=O)N1CC[C@H]2CCCC[C@@H]2C1. The molecule has 2 aliphatic rings. The number of fused-ring (bicyclic) bond motifs is 2. The third kappa shape index (κ3) is 2.77.